The van der Waals surface area contributed by atoms with Crippen LogP contribution in [0.25, 0.3) is 0 Å². The van der Waals surface area contributed by atoms with Crippen LogP contribution in [-0.2, 0) is 25.7 Å². The molecule has 1 rings (SSSR count). The molecule has 7 heteroatoms. The van der Waals surface area contributed by atoms with Gasteiger partial charge in [0.15, 0.2) is 11.6 Å². The maximum Gasteiger partial charge on any atom is 0.306 e. The van der Waals surface area contributed by atoms with Gasteiger partial charge in [-0.2, -0.15) is 0 Å². The van der Waals surface area contributed by atoms with Gasteiger partial charge in [-0.05, 0) is 31.4 Å². The first-order valence-electron chi connectivity index (χ1n) is 10.9. The highest BCUT2D eigenvalue weighted by atomic mass is 19.2. The minimum absolute atomic E-state index is 0.139. The number of unbranched alkanes of at least 4 members (excludes halogenated alkanes) is 8. The molecule has 0 aromatic heterocycles. The van der Waals surface area contributed by atoms with Crippen molar-refractivity contribution in [3.63, 3.8) is 0 Å². The van der Waals surface area contributed by atoms with E-state index in [1.807, 2.05) is 0 Å². The molecule has 0 saturated heterocycles. The number of esters is 2. The number of carbonyl (C=O) groups excluding carboxylic acids is 2. The molecule has 4 nitrogen and oxygen atoms in total. The van der Waals surface area contributed by atoms with Gasteiger partial charge in [0.05, 0.1) is 12.2 Å². The Balaban J connectivity index is 2.00. The average Bonchev–Trinajstić information content (AvgIpc) is 2.72. The van der Waals surface area contributed by atoms with Gasteiger partial charge in [0.2, 0.25) is 0 Å². The Kier molecular flexibility index (Phi) is 13.6. The zero-order valence-electron chi connectivity index (χ0n) is 17.8. The maximum atomic E-state index is 13.5. The van der Waals surface area contributed by atoms with E-state index in [4.69, 9.17) is 9.47 Å². The molecule has 0 atom stereocenters. The number of halogens is 3. The zero-order chi connectivity index (χ0) is 22.2. The summed E-state index contributed by atoms with van der Waals surface area (Å²) < 4.78 is 50.1. The van der Waals surface area contributed by atoms with Gasteiger partial charge < -0.3 is 9.47 Å². The third-order valence-corrected chi connectivity index (χ3v) is 4.79. The second kappa shape index (κ2) is 15.7. The van der Waals surface area contributed by atoms with Crippen LogP contribution in [0.2, 0.25) is 0 Å². The van der Waals surface area contributed by atoms with Crippen molar-refractivity contribution in [3.05, 3.63) is 35.1 Å². The Bertz CT molecular complexity index is 650. The van der Waals surface area contributed by atoms with Crippen LogP contribution in [0.5, 0.6) is 0 Å². The molecule has 1 aromatic rings. The molecule has 0 aliphatic rings. The molecule has 0 aliphatic carbocycles. The minimum Gasteiger partial charge on any atom is -0.466 e. The van der Waals surface area contributed by atoms with E-state index in [-0.39, 0.29) is 12.4 Å². The van der Waals surface area contributed by atoms with Crippen LogP contribution in [0, 0.1) is 17.5 Å². The summed E-state index contributed by atoms with van der Waals surface area (Å²) in [6, 6.07) is 1.49. The molecule has 0 unspecified atom stereocenters. The van der Waals surface area contributed by atoms with Gasteiger partial charge in [0.25, 0.3) is 0 Å². The van der Waals surface area contributed by atoms with E-state index < -0.39 is 35.6 Å². The minimum atomic E-state index is -1.33. The first kappa shape index (κ1) is 26.0. The molecule has 0 amide bonds. The molecule has 0 N–H and O–H groups in total. The van der Waals surface area contributed by atoms with Crippen LogP contribution < -0.4 is 0 Å². The molecule has 0 radical (unpaired) electrons. The number of carbonyl (C=O) groups is 2. The smallest absolute Gasteiger partial charge is 0.306 e. The number of ether oxygens (including phenoxy) is 2. The molecule has 0 saturated carbocycles. The molecule has 0 bridgehead atoms. The number of hydrogen-bond acceptors (Lipinski definition) is 4. The van der Waals surface area contributed by atoms with Gasteiger partial charge in [-0.3, -0.25) is 9.59 Å². The standard InChI is InChI=1S/C23H33F3O4/c1-2-3-4-11-16-29-21(27)12-9-7-5-6-8-10-13-22(28)30-17-18-19(24)14-15-20(25)23(18)26/h14-15H,2-13,16-17H2,1H3. The molecule has 0 spiro atoms. The second-order valence-electron chi connectivity index (χ2n) is 7.38. The summed E-state index contributed by atoms with van der Waals surface area (Å²) in [5, 5.41) is 0. The third kappa shape index (κ3) is 11.2. The fourth-order valence-electron chi connectivity index (χ4n) is 2.96. The quantitative estimate of drug-likeness (QED) is 0.173. The Morgan fingerprint density at radius 2 is 1.27 bits per heavy atom. The second-order valence-corrected chi connectivity index (χ2v) is 7.38. The van der Waals surface area contributed by atoms with Gasteiger partial charge in [-0.15, -0.1) is 0 Å². The highest BCUT2D eigenvalue weighted by Gasteiger charge is 2.15. The van der Waals surface area contributed by atoms with Crippen LogP contribution in [-0.4, -0.2) is 18.5 Å². The van der Waals surface area contributed by atoms with Gasteiger partial charge in [-0.1, -0.05) is 51.9 Å². The lowest BCUT2D eigenvalue weighted by molar-refractivity contribution is -0.145. The molecular weight excluding hydrogens is 397 g/mol. The molecule has 0 aliphatic heterocycles. The number of benzene rings is 1. The van der Waals surface area contributed by atoms with E-state index >= 15 is 0 Å². The molecule has 1 aromatic carbocycles. The summed E-state index contributed by atoms with van der Waals surface area (Å²) in [6.07, 6.45) is 9.94. The molecule has 30 heavy (non-hydrogen) atoms. The SMILES string of the molecule is CCCCCCOC(=O)CCCCCCCCC(=O)OCc1c(F)ccc(F)c1F. The highest BCUT2D eigenvalue weighted by Crippen LogP contribution is 2.17. The number of hydrogen-bond donors (Lipinski definition) is 0. The lowest BCUT2D eigenvalue weighted by atomic mass is 10.1. The van der Waals surface area contributed by atoms with Crippen molar-refractivity contribution in [1.82, 2.24) is 0 Å². The Morgan fingerprint density at radius 3 is 1.90 bits per heavy atom. The first-order chi connectivity index (χ1) is 14.5. The van der Waals surface area contributed by atoms with Gasteiger partial charge in [0, 0.05) is 12.8 Å². The van der Waals surface area contributed by atoms with Crippen LogP contribution >= 0.6 is 0 Å². The van der Waals surface area contributed by atoms with E-state index in [0.717, 1.165) is 57.4 Å². The Labute approximate surface area is 177 Å². The molecule has 0 fully saturated rings. The van der Waals surface area contributed by atoms with Crippen molar-refractivity contribution in [1.29, 1.82) is 0 Å². The average molecular weight is 431 g/mol. The third-order valence-electron chi connectivity index (χ3n) is 4.79. The van der Waals surface area contributed by atoms with Crippen molar-refractivity contribution in [2.75, 3.05) is 6.61 Å². The van der Waals surface area contributed by atoms with Crippen molar-refractivity contribution in [2.24, 2.45) is 0 Å². The van der Waals surface area contributed by atoms with Crippen molar-refractivity contribution in [2.45, 2.75) is 90.6 Å². The summed E-state index contributed by atoms with van der Waals surface area (Å²) in [6.45, 7) is 2.02. The maximum absolute atomic E-state index is 13.5. The lowest BCUT2D eigenvalue weighted by Gasteiger charge is -2.07. The van der Waals surface area contributed by atoms with E-state index in [9.17, 15) is 22.8 Å². The van der Waals surface area contributed by atoms with E-state index in [0.29, 0.717) is 25.5 Å². The van der Waals surface area contributed by atoms with Crippen LogP contribution in [0.1, 0.15) is 89.5 Å². The summed E-state index contributed by atoms with van der Waals surface area (Å²) in [5.41, 5.74) is -0.581. The monoisotopic (exact) mass is 430 g/mol. The van der Waals surface area contributed by atoms with Crippen molar-refractivity contribution >= 4 is 11.9 Å². The van der Waals surface area contributed by atoms with Gasteiger partial charge in [-0.25, -0.2) is 13.2 Å². The van der Waals surface area contributed by atoms with Crippen molar-refractivity contribution in [3.8, 4) is 0 Å². The van der Waals surface area contributed by atoms with Gasteiger partial charge in [0.1, 0.15) is 12.4 Å². The molecular formula is C23H33F3O4. The topological polar surface area (TPSA) is 52.6 Å². The predicted octanol–water partition coefficient (Wildman–Crippen LogP) is 6.39. The van der Waals surface area contributed by atoms with Gasteiger partial charge >= 0.3 is 11.9 Å². The van der Waals surface area contributed by atoms with Crippen molar-refractivity contribution < 1.29 is 32.2 Å². The Morgan fingerprint density at radius 1 is 0.733 bits per heavy atom. The van der Waals surface area contributed by atoms with E-state index in [1.54, 1.807) is 0 Å². The summed E-state index contributed by atoms with van der Waals surface area (Å²) in [5.74, 6) is -4.16. The fourth-order valence-corrected chi connectivity index (χ4v) is 2.96. The summed E-state index contributed by atoms with van der Waals surface area (Å²) in [4.78, 5) is 23.2. The normalized spacial score (nSPS) is 10.8. The van der Waals surface area contributed by atoms with Crippen LogP contribution in [0.4, 0.5) is 13.2 Å². The molecule has 170 valence electrons. The van der Waals surface area contributed by atoms with E-state index in [2.05, 4.69) is 6.92 Å². The zero-order valence-corrected chi connectivity index (χ0v) is 17.8. The lowest BCUT2D eigenvalue weighted by Crippen LogP contribution is -2.08. The molecule has 0 heterocycles. The summed E-state index contributed by atoms with van der Waals surface area (Å²) in [7, 11) is 0. The first-order valence-corrected chi connectivity index (χ1v) is 10.9. The predicted molar refractivity (Wildman–Crippen MR) is 108 cm³/mol. The van der Waals surface area contributed by atoms with Crippen LogP contribution in [0.15, 0.2) is 12.1 Å². The largest absolute Gasteiger partial charge is 0.466 e. The number of rotatable bonds is 16. The fraction of sp³-hybridized carbons (Fsp3) is 0.652. The summed E-state index contributed by atoms with van der Waals surface area (Å²) >= 11 is 0. The highest BCUT2D eigenvalue weighted by molar-refractivity contribution is 5.69. The Hall–Kier alpha value is -2.05. The van der Waals surface area contributed by atoms with Crippen LogP contribution in [0.3, 0.4) is 0 Å². The van der Waals surface area contributed by atoms with E-state index in [1.165, 1.54) is 6.42 Å².